The Morgan fingerprint density at radius 2 is 1.94 bits per heavy atom. The van der Waals surface area contributed by atoms with E-state index in [1.165, 1.54) is 0 Å². The van der Waals surface area contributed by atoms with Crippen LogP contribution >= 0.6 is 0 Å². The molecule has 2 N–H and O–H groups in total. The minimum atomic E-state index is -0.583. The monoisotopic (exact) mass is 237 g/mol. The Kier molecular flexibility index (Phi) is 3.38. The van der Waals surface area contributed by atoms with Gasteiger partial charge in [-0.15, -0.1) is 0 Å². The minimum absolute atomic E-state index is 0.135. The van der Waals surface area contributed by atoms with Crippen molar-refractivity contribution < 1.29 is 14.2 Å². The third-order valence-corrected chi connectivity index (χ3v) is 2.87. The van der Waals surface area contributed by atoms with Crippen LogP contribution in [0, 0.1) is 0 Å². The lowest BCUT2D eigenvalue weighted by atomic mass is 10.0. The quantitative estimate of drug-likeness (QED) is 0.852. The van der Waals surface area contributed by atoms with Gasteiger partial charge in [0.1, 0.15) is 11.9 Å². The molecule has 94 valence electrons. The lowest BCUT2D eigenvalue weighted by Crippen LogP contribution is -2.48. The summed E-state index contributed by atoms with van der Waals surface area (Å²) in [5, 5.41) is 0. The maximum Gasteiger partial charge on any atom is 0.163 e. The molecule has 4 heteroatoms. The maximum atomic E-state index is 6.02. The molecule has 1 fully saturated rings. The molecule has 0 aromatic heterocycles. The van der Waals surface area contributed by atoms with Crippen molar-refractivity contribution in [2.24, 2.45) is 5.73 Å². The summed E-state index contributed by atoms with van der Waals surface area (Å²) in [5.41, 5.74) is 7.07. The van der Waals surface area contributed by atoms with E-state index in [-0.39, 0.29) is 12.1 Å². The molecule has 0 saturated carbocycles. The molecule has 0 aliphatic carbocycles. The highest BCUT2D eigenvalue weighted by atomic mass is 16.7. The van der Waals surface area contributed by atoms with Gasteiger partial charge >= 0.3 is 0 Å². The molecule has 1 aromatic rings. The van der Waals surface area contributed by atoms with E-state index in [1.54, 1.807) is 7.11 Å². The van der Waals surface area contributed by atoms with E-state index in [9.17, 15) is 0 Å². The van der Waals surface area contributed by atoms with Gasteiger partial charge in [0.2, 0.25) is 0 Å². The van der Waals surface area contributed by atoms with Crippen molar-refractivity contribution in [2.75, 3.05) is 13.7 Å². The number of rotatable bonds is 2. The first kappa shape index (κ1) is 12.4. The zero-order valence-corrected chi connectivity index (χ0v) is 10.5. The molecular formula is C13H19NO3. The Morgan fingerprint density at radius 1 is 1.29 bits per heavy atom. The van der Waals surface area contributed by atoms with Crippen molar-refractivity contribution in [1.29, 1.82) is 0 Å². The topological polar surface area (TPSA) is 53.7 Å². The lowest BCUT2D eigenvalue weighted by molar-refractivity contribution is -0.281. The molecule has 0 spiro atoms. The lowest BCUT2D eigenvalue weighted by Gasteiger charge is -2.39. The predicted molar refractivity (Wildman–Crippen MR) is 64.8 cm³/mol. The van der Waals surface area contributed by atoms with Crippen LogP contribution in [0.3, 0.4) is 0 Å². The van der Waals surface area contributed by atoms with Crippen molar-refractivity contribution in [2.45, 2.75) is 31.8 Å². The minimum Gasteiger partial charge on any atom is -0.497 e. The number of nitrogens with two attached hydrogens (primary N) is 1. The molecule has 0 bridgehead atoms. The average Bonchev–Trinajstić information content (AvgIpc) is 2.33. The second-order valence-electron chi connectivity index (χ2n) is 4.69. The van der Waals surface area contributed by atoms with E-state index in [4.69, 9.17) is 19.9 Å². The van der Waals surface area contributed by atoms with Gasteiger partial charge in [-0.25, -0.2) is 0 Å². The molecule has 0 unspecified atom stereocenters. The van der Waals surface area contributed by atoms with E-state index in [2.05, 4.69) is 0 Å². The van der Waals surface area contributed by atoms with E-state index in [1.807, 2.05) is 38.1 Å². The normalized spacial score (nSPS) is 27.8. The van der Waals surface area contributed by atoms with Crippen LogP contribution in [-0.4, -0.2) is 25.5 Å². The predicted octanol–water partition coefficient (Wildman–Crippen LogP) is 1.85. The third kappa shape index (κ3) is 2.77. The highest BCUT2D eigenvalue weighted by Crippen LogP contribution is 2.32. The molecule has 0 radical (unpaired) electrons. The molecule has 2 atom stereocenters. The van der Waals surface area contributed by atoms with E-state index < -0.39 is 5.79 Å². The summed E-state index contributed by atoms with van der Waals surface area (Å²) >= 11 is 0. The zero-order chi connectivity index (χ0) is 12.5. The molecule has 1 aliphatic rings. The van der Waals surface area contributed by atoms with Crippen LogP contribution < -0.4 is 10.5 Å². The van der Waals surface area contributed by atoms with E-state index in [0.29, 0.717) is 6.61 Å². The fraction of sp³-hybridized carbons (Fsp3) is 0.538. The van der Waals surface area contributed by atoms with Crippen LogP contribution in [-0.2, 0) is 9.47 Å². The number of hydrogen-bond acceptors (Lipinski definition) is 4. The van der Waals surface area contributed by atoms with Gasteiger partial charge < -0.3 is 19.9 Å². The summed E-state index contributed by atoms with van der Waals surface area (Å²) in [6.07, 6.45) is -0.135. The Hall–Kier alpha value is -1.10. The SMILES string of the molecule is COc1ccc([C@@H]2OC(C)(C)OC[C@@H]2N)cc1. The van der Waals surface area contributed by atoms with Gasteiger partial charge in [-0.1, -0.05) is 12.1 Å². The van der Waals surface area contributed by atoms with Gasteiger partial charge in [0, 0.05) is 0 Å². The summed E-state index contributed by atoms with van der Waals surface area (Å²) in [4.78, 5) is 0. The van der Waals surface area contributed by atoms with Crippen LogP contribution in [0.25, 0.3) is 0 Å². The van der Waals surface area contributed by atoms with Crippen molar-refractivity contribution >= 4 is 0 Å². The number of benzene rings is 1. The Labute approximate surface area is 102 Å². The first-order valence-corrected chi connectivity index (χ1v) is 5.73. The summed E-state index contributed by atoms with van der Waals surface area (Å²) in [6, 6.07) is 7.63. The van der Waals surface area contributed by atoms with Gasteiger partial charge in [0.25, 0.3) is 0 Å². The summed E-state index contributed by atoms with van der Waals surface area (Å²) in [6.45, 7) is 4.30. The third-order valence-electron chi connectivity index (χ3n) is 2.87. The standard InChI is InChI=1S/C13H19NO3/c1-13(2)16-8-11(14)12(17-13)9-4-6-10(15-3)7-5-9/h4-7,11-12H,8,14H2,1-3H3/t11-,12-/m0/s1. The number of hydrogen-bond donors (Lipinski definition) is 1. The highest BCUT2D eigenvalue weighted by Gasteiger charge is 2.35. The largest absolute Gasteiger partial charge is 0.497 e. The first-order valence-electron chi connectivity index (χ1n) is 5.73. The van der Waals surface area contributed by atoms with Crippen molar-refractivity contribution in [1.82, 2.24) is 0 Å². The molecule has 1 aromatic carbocycles. The van der Waals surface area contributed by atoms with Crippen molar-refractivity contribution in [3.63, 3.8) is 0 Å². The van der Waals surface area contributed by atoms with Crippen molar-refractivity contribution in [3.8, 4) is 5.75 Å². The second-order valence-corrected chi connectivity index (χ2v) is 4.69. The number of methoxy groups -OCH3 is 1. The average molecular weight is 237 g/mol. The first-order chi connectivity index (χ1) is 8.02. The molecule has 1 saturated heterocycles. The molecule has 1 aliphatic heterocycles. The molecule has 2 rings (SSSR count). The molecule has 0 amide bonds. The van der Waals surface area contributed by atoms with Gasteiger partial charge in [-0.05, 0) is 31.5 Å². The Balaban J connectivity index is 2.18. The smallest absolute Gasteiger partial charge is 0.163 e. The summed E-state index contributed by atoms with van der Waals surface area (Å²) < 4.78 is 16.5. The second kappa shape index (κ2) is 4.64. The van der Waals surface area contributed by atoms with Gasteiger partial charge in [-0.2, -0.15) is 0 Å². The van der Waals surface area contributed by atoms with Crippen LogP contribution in [0.4, 0.5) is 0 Å². The Bertz CT molecular complexity index is 375. The van der Waals surface area contributed by atoms with E-state index >= 15 is 0 Å². The molecule has 4 nitrogen and oxygen atoms in total. The van der Waals surface area contributed by atoms with Crippen LogP contribution in [0.15, 0.2) is 24.3 Å². The fourth-order valence-corrected chi connectivity index (χ4v) is 1.92. The van der Waals surface area contributed by atoms with Gasteiger partial charge in [0.05, 0.1) is 19.8 Å². The molecule has 17 heavy (non-hydrogen) atoms. The van der Waals surface area contributed by atoms with Crippen LogP contribution in [0.2, 0.25) is 0 Å². The van der Waals surface area contributed by atoms with Gasteiger partial charge in [-0.3, -0.25) is 0 Å². The van der Waals surface area contributed by atoms with Crippen LogP contribution in [0.1, 0.15) is 25.5 Å². The summed E-state index contributed by atoms with van der Waals surface area (Å²) in [5.74, 6) is 0.245. The zero-order valence-electron chi connectivity index (χ0n) is 10.5. The number of ether oxygens (including phenoxy) is 3. The Morgan fingerprint density at radius 3 is 2.53 bits per heavy atom. The van der Waals surface area contributed by atoms with Crippen LogP contribution in [0.5, 0.6) is 5.75 Å². The molecular weight excluding hydrogens is 218 g/mol. The van der Waals surface area contributed by atoms with Crippen molar-refractivity contribution in [3.05, 3.63) is 29.8 Å². The van der Waals surface area contributed by atoms with E-state index in [0.717, 1.165) is 11.3 Å². The summed E-state index contributed by atoms with van der Waals surface area (Å²) in [7, 11) is 1.65. The maximum absolute atomic E-state index is 6.02. The highest BCUT2D eigenvalue weighted by molar-refractivity contribution is 5.29. The fourth-order valence-electron chi connectivity index (χ4n) is 1.92. The van der Waals surface area contributed by atoms with Gasteiger partial charge in [0.15, 0.2) is 5.79 Å². The molecule has 1 heterocycles.